The first-order valence-electron chi connectivity index (χ1n) is 58.3. The molecule has 5 aliphatic carbocycles. The number of methoxy groups -OCH3 is 7. The van der Waals surface area contributed by atoms with Crippen LogP contribution in [0, 0.1) is 29.6 Å². The molecule has 0 bridgehead atoms. The minimum atomic E-state index is 0.0417. The van der Waals surface area contributed by atoms with Crippen molar-refractivity contribution in [2.75, 3.05) is 109 Å². The Morgan fingerprint density at radius 2 is 0.493 bits per heavy atom. The Bertz CT molecular complexity index is 2040. The Balaban J connectivity index is -0.000000111. The van der Waals surface area contributed by atoms with E-state index in [9.17, 15) is 0 Å². The predicted molar refractivity (Wildman–Crippen MR) is 618 cm³/mol. The van der Waals surface area contributed by atoms with Gasteiger partial charge in [0, 0.05) is 109 Å². The second-order valence-electron chi connectivity index (χ2n) is 42.2. The molecule has 0 aromatic carbocycles. The zero-order chi connectivity index (χ0) is 111. The third kappa shape index (κ3) is 160. The van der Waals surface area contributed by atoms with E-state index in [2.05, 4.69) is 235 Å². The number of hydrogen-bond acceptors (Lipinski definition) is 18. The van der Waals surface area contributed by atoms with Gasteiger partial charge in [-0.1, -0.05) is 193 Å². The first-order valence-corrected chi connectivity index (χ1v) is 58.3. The average molecular weight is 2030 g/mol. The molecule has 0 aromatic rings. The lowest BCUT2D eigenvalue weighted by Crippen LogP contribution is -2.22. The minimum Gasteiger partial charge on any atom is -0.382 e. The summed E-state index contributed by atoms with van der Waals surface area (Å²) in [6, 6.07) is 0. The maximum atomic E-state index is 5.69. The fraction of sp³-hybridized carbons (Fsp3) is 1.00. The molecule has 5 aliphatic rings. The Morgan fingerprint density at radius 1 is 0.221 bits per heavy atom. The van der Waals surface area contributed by atoms with Gasteiger partial charge in [-0.3, -0.25) is 0 Å². The van der Waals surface area contributed by atoms with Crippen LogP contribution in [0.2, 0.25) is 0 Å². The van der Waals surface area contributed by atoms with Crippen LogP contribution in [0.4, 0.5) is 0 Å². The SMILES string of the molecule is CC(C)OC1CCCC1.CC(C)OC1CCCCC1.CCCOC(C)C.CCCO[C@H](C)CC.CCCO[C@H](C)CCC.CCC[C@@H](C)OC.CCC[C@@H](C)OCC.CCOC(C)(C)C.CCOC(C)C.CCO[C@H](C)C(C)C.CCO[C@H](C)C1CCCCC1.CCO[C@H](C)CC.CC[C@@H](C)OC.COC(C)(C)C.COC(C)C.CO[C@H](C)C(C)C.CO[C@H](C)C1CCCC1.CO[C@H](C)C1CCCCC1. The molecule has 18 nitrogen and oxygen atoms in total. The van der Waals surface area contributed by atoms with E-state index in [0.717, 1.165) is 116 Å². The van der Waals surface area contributed by atoms with Gasteiger partial charge in [0.15, 0.2) is 0 Å². The highest BCUT2D eigenvalue weighted by Gasteiger charge is 2.23. The summed E-state index contributed by atoms with van der Waals surface area (Å²) < 4.78 is 94.0. The molecule has 11 atom stereocenters. The first kappa shape index (κ1) is 167. The maximum absolute atomic E-state index is 5.69. The van der Waals surface area contributed by atoms with Crippen molar-refractivity contribution in [3.05, 3.63) is 0 Å². The Morgan fingerprint density at radius 3 is 0.679 bits per heavy atom. The third-order valence-electron chi connectivity index (χ3n) is 23.9. The number of rotatable bonds is 44. The normalized spacial score (nSPS) is 16.6. The summed E-state index contributed by atoms with van der Waals surface area (Å²) >= 11 is 0. The molecule has 0 spiro atoms. The van der Waals surface area contributed by atoms with E-state index in [4.69, 9.17) is 85.3 Å². The van der Waals surface area contributed by atoms with Gasteiger partial charge in [0.05, 0.1) is 121 Å². The molecule has 0 heterocycles. The van der Waals surface area contributed by atoms with Crippen molar-refractivity contribution in [3.8, 4) is 0 Å². The van der Waals surface area contributed by atoms with Crippen LogP contribution in [0.1, 0.15) is 543 Å². The molecule has 140 heavy (non-hydrogen) atoms. The summed E-state index contributed by atoms with van der Waals surface area (Å²) in [5.74, 6) is 3.84. The molecule has 0 unspecified atom stereocenters. The van der Waals surface area contributed by atoms with Gasteiger partial charge in [-0.25, -0.2) is 0 Å². The third-order valence-corrected chi connectivity index (χ3v) is 23.9. The molecule has 5 saturated carbocycles. The summed E-state index contributed by atoms with van der Waals surface area (Å²) in [6.45, 7) is 104. The zero-order valence-electron chi connectivity index (χ0n) is 106. The zero-order valence-corrected chi connectivity index (χ0v) is 106. The lowest BCUT2D eigenvalue weighted by molar-refractivity contribution is -0.0118. The second kappa shape index (κ2) is 129. The Hall–Kier alpha value is -0.720. The van der Waals surface area contributed by atoms with Crippen LogP contribution in [-0.4, -0.2) is 230 Å². The van der Waals surface area contributed by atoms with Crippen molar-refractivity contribution < 1.29 is 85.3 Å². The van der Waals surface area contributed by atoms with E-state index in [1.807, 2.05) is 97.3 Å². The highest BCUT2D eigenvalue weighted by molar-refractivity contribution is 4.74. The Kier molecular flexibility index (Phi) is 154. The smallest absolute Gasteiger partial charge is 0.0598 e. The van der Waals surface area contributed by atoms with Gasteiger partial charge in [0.2, 0.25) is 0 Å². The summed E-state index contributed by atoms with van der Waals surface area (Å²) in [6.07, 6.45) is 53.9. The van der Waals surface area contributed by atoms with Crippen LogP contribution in [-0.2, 0) is 85.3 Å². The quantitative estimate of drug-likeness (QED) is 0.0565. The molecule has 0 N–H and O–H groups in total. The Labute approximate surface area is 883 Å². The van der Waals surface area contributed by atoms with Gasteiger partial charge < -0.3 is 85.3 Å². The molecule has 866 valence electrons. The fourth-order valence-corrected chi connectivity index (χ4v) is 13.4. The van der Waals surface area contributed by atoms with Crippen LogP contribution < -0.4 is 0 Å². The number of hydrogen-bond donors (Lipinski definition) is 0. The molecule has 0 saturated heterocycles. The van der Waals surface area contributed by atoms with Gasteiger partial charge in [-0.15, -0.1) is 0 Å². The molecule has 5 fully saturated rings. The summed E-state index contributed by atoms with van der Waals surface area (Å²) in [4.78, 5) is 0. The van der Waals surface area contributed by atoms with Crippen molar-refractivity contribution in [2.45, 2.75) is 664 Å². The van der Waals surface area contributed by atoms with Crippen LogP contribution in [0.3, 0.4) is 0 Å². The standard InChI is InChI=1S/C10H20O.2C9H18O.2C8H16O.C8H18O.3C7H16O.5C6H14O.3C5H12O.C4H10O/c1-3-11-9(2)10-7-5-4-6-8-10;1-8(10-2)9-6-4-3-5-7-9;1-8(2)10-9-6-4-3-5-7-9;1-7(9-2)8-5-3-4-6-8;1-7(2)9-8-5-3-4-6-8;1-4-6-8(3)9-7-5-2;1-5-8-7(4)6(2)3;1-4-6-7(3)8-5-2;1-4-6-8-7(3)5-2;1-5-7-6(2,3)4;1-5(2)6(3)7-4;1-4-5-6(2)7-3;1-4-5-7-6(2)3;1-4-6(3)7-5-2;1-5(2,3)6-4;1-4-5(2)6-3;1-4-6-5(2)3;1-4(2)5-3/h9-10H,3-8H2,1-2H3;2*8-9H,3-7H2,1-2H3;2*7-8H,3-6H2,1-2H3;8H,4-7H2,1-3H3;6-7H,5H2,1-4H3;2*7H,4-6H2,1-3H3;5H2,1-4H3;5-6H,1-4H3;3*6H,4-5H2,1-3H3;1-4H3;2*5H,4H2,1-3H3;4H,1-3H3/t9-;8-;;7-;;8-;3*7-;;2*6-;;6-;;5-;;/m11.1.1111.11.1.1../s1. The molecule has 18 heteroatoms. The second-order valence-corrected chi connectivity index (χ2v) is 42.2. The minimum absolute atomic E-state index is 0.0417. The van der Waals surface area contributed by atoms with Crippen LogP contribution >= 0.6 is 0 Å². The van der Waals surface area contributed by atoms with Gasteiger partial charge in [0.1, 0.15) is 0 Å². The molecule has 5 rings (SSSR count). The topological polar surface area (TPSA) is 166 Å². The monoisotopic (exact) mass is 2020 g/mol. The largest absolute Gasteiger partial charge is 0.382 e. The van der Waals surface area contributed by atoms with E-state index in [0.29, 0.717) is 122 Å². The van der Waals surface area contributed by atoms with Crippen LogP contribution in [0.5, 0.6) is 0 Å². The van der Waals surface area contributed by atoms with Crippen molar-refractivity contribution in [2.24, 2.45) is 29.6 Å². The van der Waals surface area contributed by atoms with E-state index in [1.54, 1.807) is 35.5 Å². The molecule has 0 aromatic heterocycles. The van der Waals surface area contributed by atoms with Gasteiger partial charge in [-0.05, 0) is 380 Å². The van der Waals surface area contributed by atoms with Crippen LogP contribution in [0.25, 0.3) is 0 Å². The van der Waals surface area contributed by atoms with Gasteiger partial charge in [-0.2, -0.15) is 0 Å². The number of ether oxygens (including phenoxy) is 18. The van der Waals surface area contributed by atoms with Crippen LogP contribution in [0.15, 0.2) is 0 Å². The summed E-state index contributed by atoms with van der Waals surface area (Å²) in [5, 5.41) is 0. The lowest BCUT2D eigenvalue weighted by atomic mass is 9.86. The highest BCUT2D eigenvalue weighted by Crippen LogP contribution is 2.31. The van der Waals surface area contributed by atoms with Crippen molar-refractivity contribution in [1.29, 1.82) is 0 Å². The van der Waals surface area contributed by atoms with Gasteiger partial charge >= 0.3 is 0 Å². The van der Waals surface area contributed by atoms with Crippen molar-refractivity contribution >= 4 is 0 Å². The fourth-order valence-electron chi connectivity index (χ4n) is 13.4. The molecule has 0 amide bonds. The molecular weight excluding hydrogens is 1750 g/mol. The molecular formula is C122H270O18. The highest BCUT2D eigenvalue weighted by atomic mass is 16.5. The maximum Gasteiger partial charge on any atom is 0.0598 e. The van der Waals surface area contributed by atoms with Crippen molar-refractivity contribution in [3.63, 3.8) is 0 Å². The van der Waals surface area contributed by atoms with E-state index in [-0.39, 0.29) is 11.2 Å². The van der Waals surface area contributed by atoms with E-state index >= 15 is 0 Å². The summed E-state index contributed by atoms with van der Waals surface area (Å²) in [7, 11) is 12.3. The predicted octanol–water partition coefficient (Wildman–Crippen LogP) is 36.3. The first-order chi connectivity index (χ1) is 65.7. The van der Waals surface area contributed by atoms with Crippen molar-refractivity contribution in [1.82, 2.24) is 0 Å². The van der Waals surface area contributed by atoms with E-state index in [1.165, 1.54) is 186 Å². The lowest BCUT2D eigenvalue weighted by Gasteiger charge is -2.27. The van der Waals surface area contributed by atoms with E-state index < -0.39 is 0 Å². The average Bonchev–Trinajstić information content (AvgIpc) is 1.81. The van der Waals surface area contributed by atoms with Gasteiger partial charge in [0.25, 0.3) is 0 Å². The molecule has 0 radical (unpaired) electrons. The molecule has 0 aliphatic heterocycles. The summed E-state index contributed by atoms with van der Waals surface area (Å²) in [5.41, 5.74) is 0.0920.